The Labute approximate surface area is 241 Å². The Morgan fingerprint density at radius 3 is 1.32 bits per heavy atom. The van der Waals surface area contributed by atoms with Gasteiger partial charge in [-0.1, -0.05) is 102 Å². The average molecular weight is 536 g/mol. The Hall–Kier alpha value is -4.24. The second kappa shape index (κ2) is 7.33. The van der Waals surface area contributed by atoms with E-state index in [0.717, 1.165) is 11.1 Å². The highest BCUT2D eigenvalue weighted by Gasteiger charge is 2.51. The summed E-state index contributed by atoms with van der Waals surface area (Å²) in [4.78, 5) is 29.6. The number of para-hydroxylation sites is 2. The fourth-order valence-corrected chi connectivity index (χ4v) is 8.14. The molecule has 0 amide bonds. The van der Waals surface area contributed by atoms with Crippen LogP contribution in [0.5, 0.6) is 0 Å². The van der Waals surface area contributed by atoms with E-state index < -0.39 is 0 Å². The zero-order valence-electron chi connectivity index (χ0n) is 24.7. The van der Waals surface area contributed by atoms with Crippen LogP contribution in [0, 0.1) is 0 Å². The summed E-state index contributed by atoms with van der Waals surface area (Å²) < 4.78 is 0. The third-order valence-corrected chi connectivity index (χ3v) is 10.6. The van der Waals surface area contributed by atoms with E-state index >= 15 is 0 Å². The van der Waals surface area contributed by atoms with Crippen molar-refractivity contribution < 1.29 is 9.59 Å². The van der Waals surface area contributed by atoms with Gasteiger partial charge in [0, 0.05) is 27.4 Å². The van der Waals surface area contributed by atoms with E-state index in [9.17, 15) is 9.59 Å². The summed E-state index contributed by atoms with van der Waals surface area (Å²) in [7, 11) is 0. The van der Waals surface area contributed by atoms with Crippen molar-refractivity contribution in [1.82, 2.24) is 0 Å². The molecule has 3 aliphatic heterocycles. The fraction of sp³-hybridized carbons (Fsp3) is 0.263. The summed E-state index contributed by atoms with van der Waals surface area (Å²) in [5.41, 5.74) is 14.0. The predicted molar refractivity (Wildman–Crippen MR) is 165 cm³/mol. The van der Waals surface area contributed by atoms with Gasteiger partial charge in [0.2, 0.25) is 0 Å². The maximum Gasteiger partial charge on any atom is 0.198 e. The third-order valence-electron chi connectivity index (χ3n) is 10.6. The molecule has 0 unspecified atom stereocenters. The molecule has 1 aliphatic carbocycles. The van der Waals surface area contributed by atoms with E-state index in [4.69, 9.17) is 0 Å². The molecule has 4 aromatic carbocycles. The molecule has 3 nitrogen and oxygen atoms in total. The first kappa shape index (κ1) is 24.5. The number of allylic oxidation sites excluding steroid dienone is 2. The summed E-state index contributed by atoms with van der Waals surface area (Å²) in [6, 6.07) is 25.3. The van der Waals surface area contributed by atoms with Crippen LogP contribution < -0.4 is 4.90 Å². The highest BCUT2D eigenvalue weighted by Crippen LogP contribution is 2.66. The van der Waals surface area contributed by atoms with E-state index in [1.54, 1.807) is 12.1 Å². The minimum Gasteiger partial charge on any atom is -0.309 e. The van der Waals surface area contributed by atoms with Crippen LogP contribution in [0.2, 0.25) is 0 Å². The van der Waals surface area contributed by atoms with Crippen LogP contribution in [-0.2, 0) is 16.2 Å². The van der Waals surface area contributed by atoms with Gasteiger partial charge >= 0.3 is 0 Å². The van der Waals surface area contributed by atoms with Crippen LogP contribution in [0.15, 0.2) is 78.4 Å². The zero-order chi connectivity index (χ0) is 28.8. The van der Waals surface area contributed by atoms with Crippen molar-refractivity contribution in [1.29, 1.82) is 0 Å². The monoisotopic (exact) mass is 535 g/mol. The lowest BCUT2D eigenvalue weighted by Crippen LogP contribution is -2.43. The number of Topliss-reactive ketones (excluding diaryl/α,β-unsaturated/α-hetero) is 2. The highest BCUT2D eigenvalue weighted by molar-refractivity contribution is 6.42. The van der Waals surface area contributed by atoms with Crippen LogP contribution in [0.3, 0.4) is 0 Å². The van der Waals surface area contributed by atoms with Crippen molar-refractivity contribution in [2.45, 2.75) is 64.7 Å². The molecule has 0 N–H and O–H groups in total. The highest BCUT2D eigenvalue weighted by atomic mass is 16.2. The number of hydrogen-bond acceptors (Lipinski definition) is 3. The van der Waals surface area contributed by atoms with Crippen molar-refractivity contribution in [2.24, 2.45) is 0 Å². The number of anilines is 3. The first-order valence-electron chi connectivity index (χ1n) is 14.5. The van der Waals surface area contributed by atoms with Crippen molar-refractivity contribution >= 4 is 34.2 Å². The van der Waals surface area contributed by atoms with Gasteiger partial charge in [0.25, 0.3) is 0 Å². The Bertz CT molecular complexity index is 1840. The molecule has 0 atom stereocenters. The quantitative estimate of drug-likeness (QED) is 0.180. The van der Waals surface area contributed by atoms with Gasteiger partial charge in [-0.2, -0.15) is 0 Å². The van der Waals surface area contributed by atoms with Gasteiger partial charge in [-0.15, -0.1) is 0 Å². The second-order valence-electron chi connectivity index (χ2n) is 13.7. The number of nitrogens with zero attached hydrogens (tertiary/aromatic N) is 1. The molecule has 4 aromatic rings. The normalized spacial score (nSPS) is 19.2. The molecule has 202 valence electrons. The minimum atomic E-state index is -0.282. The molecule has 0 spiro atoms. The number of benzene rings is 4. The minimum absolute atomic E-state index is 0.131. The number of fused-ring (bicyclic) bond motifs is 1. The van der Waals surface area contributed by atoms with E-state index in [0.29, 0.717) is 16.7 Å². The molecule has 0 saturated carbocycles. The van der Waals surface area contributed by atoms with Gasteiger partial charge in [-0.05, 0) is 63.6 Å². The summed E-state index contributed by atoms with van der Waals surface area (Å²) in [6.07, 6.45) is 0. The first-order chi connectivity index (χ1) is 19.4. The molecule has 0 bridgehead atoms. The smallest absolute Gasteiger partial charge is 0.198 e. The lowest BCUT2D eigenvalue weighted by Gasteiger charge is -2.55. The molecule has 8 rings (SSSR count). The number of ketones is 2. The number of carbonyl (C=O) groups excluding carboxylic acids is 2. The fourth-order valence-electron chi connectivity index (χ4n) is 8.14. The largest absolute Gasteiger partial charge is 0.309 e. The second-order valence-corrected chi connectivity index (χ2v) is 13.7. The molecule has 0 radical (unpaired) electrons. The zero-order valence-corrected chi connectivity index (χ0v) is 24.7. The van der Waals surface area contributed by atoms with Gasteiger partial charge in [-0.25, -0.2) is 0 Å². The van der Waals surface area contributed by atoms with Crippen LogP contribution in [0.1, 0.15) is 108 Å². The SMILES string of the molecule is CC(=C1C(=O)c2ccccc2C1=O)c1cc2c3c(c1)C(C)(C)c1cccc4c1N3c1c(cccc1C2(C)C)C4(C)C. The molecule has 0 fully saturated rings. The third kappa shape index (κ3) is 2.70. The van der Waals surface area contributed by atoms with E-state index in [2.05, 4.69) is 95.0 Å². The lowest BCUT2D eigenvalue weighted by molar-refractivity contribution is 0.0990. The van der Waals surface area contributed by atoms with Gasteiger partial charge in [-0.3, -0.25) is 9.59 Å². The van der Waals surface area contributed by atoms with Crippen LogP contribution in [0.4, 0.5) is 17.1 Å². The van der Waals surface area contributed by atoms with Crippen molar-refractivity contribution in [3.05, 3.63) is 128 Å². The molecule has 4 aliphatic rings. The number of carbonyl (C=O) groups is 2. The standard InChI is InChI=1S/C38H33NO2/c1-20(30-34(40)22-12-8-9-13-23(22)35(30)41)21-18-28-33-29(19-21)38(6,7)27-17-11-15-25-32(27)39(33)31-24(36(25,2)3)14-10-16-26(31)37(28,4)5/h8-19H,1-7H3. The number of rotatable bonds is 1. The molecule has 41 heavy (non-hydrogen) atoms. The van der Waals surface area contributed by atoms with E-state index in [-0.39, 0.29) is 27.8 Å². The van der Waals surface area contributed by atoms with Crippen LogP contribution in [-0.4, -0.2) is 11.6 Å². The van der Waals surface area contributed by atoms with Gasteiger partial charge in [0.15, 0.2) is 11.6 Å². The summed E-state index contributed by atoms with van der Waals surface area (Å²) in [6.45, 7) is 15.9. The predicted octanol–water partition coefficient (Wildman–Crippen LogP) is 8.93. The first-order valence-corrected chi connectivity index (χ1v) is 14.5. The number of hydrogen-bond donors (Lipinski definition) is 0. The van der Waals surface area contributed by atoms with Crippen molar-refractivity contribution in [2.75, 3.05) is 4.90 Å². The van der Waals surface area contributed by atoms with E-state index in [1.807, 2.05) is 19.1 Å². The summed E-state index contributed by atoms with van der Waals surface area (Å²) >= 11 is 0. The average Bonchev–Trinajstić information content (AvgIpc) is 3.20. The van der Waals surface area contributed by atoms with Gasteiger partial charge in [0.1, 0.15) is 0 Å². The van der Waals surface area contributed by atoms with E-state index in [1.165, 1.54) is 50.4 Å². The van der Waals surface area contributed by atoms with Crippen LogP contribution in [0.25, 0.3) is 5.57 Å². The molecular formula is C38H33NO2. The molecule has 3 heterocycles. The topological polar surface area (TPSA) is 37.4 Å². The van der Waals surface area contributed by atoms with Gasteiger partial charge in [0.05, 0.1) is 22.6 Å². The van der Waals surface area contributed by atoms with Gasteiger partial charge < -0.3 is 4.90 Å². The molecule has 0 saturated heterocycles. The van der Waals surface area contributed by atoms with Crippen LogP contribution >= 0.6 is 0 Å². The summed E-state index contributed by atoms with van der Waals surface area (Å²) in [5.74, 6) is -0.340. The maximum atomic E-state index is 13.5. The maximum absolute atomic E-state index is 13.5. The van der Waals surface area contributed by atoms with Crippen molar-refractivity contribution in [3.63, 3.8) is 0 Å². The Kier molecular flexibility index (Phi) is 4.39. The molecule has 0 aromatic heterocycles. The summed E-state index contributed by atoms with van der Waals surface area (Å²) in [5, 5.41) is 0. The van der Waals surface area contributed by atoms with Crippen molar-refractivity contribution in [3.8, 4) is 0 Å². The Morgan fingerprint density at radius 1 is 0.537 bits per heavy atom. The molecular weight excluding hydrogens is 502 g/mol. The Balaban J connectivity index is 1.47. The molecule has 3 heteroatoms. The Morgan fingerprint density at radius 2 is 0.902 bits per heavy atom. The lowest BCUT2D eigenvalue weighted by atomic mass is 9.60.